The van der Waals surface area contributed by atoms with Gasteiger partial charge in [0.2, 0.25) is 0 Å². The van der Waals surface area contributed by atoms with Gasteiger partial charge in [0.1, 0.15) is 0 Å². The SMILES string of the molecule is Cc1cc2c3c4c(cccc14)C(C)(C)c1cc(-c4nc(-c5ccccc5)nc(-c5ccccc5)n4)cc(c1-3)C2(C)C. The van der Waals surface area contributed by atoms with Gasteiger partial charge in [-0.25, -0.2) is 15.0 Å². The van der Waals surface area contributed by atoms with Gasteiger partial charge >= 0.3 is 0 Å². The molecule has 0 amide bonds. The summed E-state index contributed by atoms with van der Waals surface area (Å²) in [7, 11) is 0. The van der Waals surface area contributed by atoms with Gasteiger partial charge in [-0.2, -0.15) is 0 Å². The van der Waals surface area contributed by atoms with Gasteiger partial charge < -0.3 is 0 Å². The van der Waals surface area contributed by atoms with Gasteiger partial charge in [-0.1, -0.05) is 113 Å². The zero-order chi connectivity index (χ0) is 28.1. The molecule has 0 saturated carbocycles. The Morgan fingerprint density at radius 1 is 0.463 bits per heavy atom. The lowest BCUT2D eigenvalue weighted by Crippen LogP contribution is -2.24. The lowest BCUT2D eigenvalue weighted by Gasteiger charge is -2.35. The molecule has 0 saturated heterocycles. The minimum atomic E-state index is -0.171. The third-order valence-electron chi connectivity index (χ3n) is 9.41. The number of rotatable bonds is 3. The Hall–Kier alpha value is -4.63. The van der Waals surface area contributed by atoms with E-state index in [0.29, 0.717) is 17.5 Å². The van der Waals surface area contributed by atoms with Crippen LogP contribution >= 0.6 is 0 Å². The molecule has 2 aliphatic rings. The Morgan fingerprint density at radius 3 is 1.51 bits per heavy atom. The Labute approximate surface area is 241 Å². The standard InChI is InChI=1S/C38H31N3/c1-22-19-28-33-31-26(22)17-12-18-27(31)37(2,3)29-20-25(21-30(32(29)33)38(28,4)5)36-40-34(23-13-8-6-9-14-23)39-35(41-36)24-15-10-7-11-16-24/h6-21H,1-5H3. The summed E-state index contributed by atoms with van der Waals surface area (Å²) in [5.74, 6) is 2.08. The molecule has 41 heavy (non-hydrogen) atoms. The van der Waals surface area contributed by atoms with Crippen molar-refractivity contribution in [3.8, 4) is 45.3 Å². The number of hydrogen-bond donors (Lipinski definition) is 0. The second kappa shape index (κ2) is 8.20. The maximum absolute atomic E-state index is 5.09. The molecule has 1 aromatic heterocycles. The molecule has 6 aromatic rings. The van der Waals surface area contributed by atoms with E-state index in [4.69, 9.17) is 15.0 Å². The molecule has 0 radical (unpaired) electrons. The van der Waals surface area contributed by atoms with Crippen LogP contribution in [0.5, 0.6) is 0 Å². The second-order valence-corrected chi connectivity index (χ2v) is 12.6. The fraction of sp³-hybridized carbons (Fsp3) is 0.184. The zero-order valence-electron chi connectivity index (χ0n) is 24.1. The molecule has 0 spiro atoms. The molecule has 5 aromatic carbocycles. The predicted octanol–water partition coefficient (Wildman–Crippen LogP) is 9.28. The second-order valence-electron chi connectivity index (χ2n) is 12.6. The van der Waals surface area contributed by atoms with Gasteiger partial charge in [-0.3, -0.25) is 0 Å². The largest absolute Gasteiger partial charge is 0.208 e. The van der Waals surface area contributed by atoms with Crippen LogP contribution in [0, 0.1) is 6.92 Å². The van der Waals surface area contributed by atoms with E-state index in [1.807, 2.05) is 36.4 Å². The van der Waals surface area contributed by atoms with Crippen molar-refractivity contribution in [2.45, 2.75) is 45.4 Å². The van der Waals surface area contributed by atoms with Crippen LogP contribution in [0.1, 0.15) is 55.5 Å². The van der Waals surface area contributed by atoms with Crippen LogP contribution in [0.2, 0.25) is 0 Å². The van der Waals surface area contributed by atoms with Crippen molar-refractivity contribution < 1.29 is 0 Å². The summed E-state index contributed by atoms with van der Waals surface area (Å²) in [6, 6.07) is 34.4. The topological polar surface area (TPSA) is 38.7 Å². The molecule has 8 rings (SSSR count). The molecular formula is C38H31N3. The van der Waals surface area contributed by atoms with Crippen LogP contribution in [0.3, 0.4) is 0 Å². The molecule has 0 aliphatic heterocycles. The van der Waals surface area contributed by atoms with Crippen molar-refractivity contribution in [1.29, 1.82) is 0 Å². The van der Waals surface area contributed by atoms with Crippen LogP contribution in [0.4, 0.5) is 0 Å². The maximum Gasteiger partial charge on any atom is 0.164 e. The third kappa shape index (κ3) is 3.29. The molecule has 0 unspecified atom stereocenters. The lowest BCUT2D eigenvalue weighted by molar-refractivity contribution is 0.639. The highest BCUT2D eigenvalue weighted by Gasteiger charge is 2.45. The Bertz CT molecular complexity index is 1980. The summed E-state index contributed by atoms with van der Waals surface area (Å²) < 4.78 is 0. The highest BCUT2D eigenvalue weighted by molar-refractivity contribution is 6.09. The molecule has 0 N–H and O–H groups in total. The Kier molecular flexibility index (Phi) is 4.84. The van der Waals surface area contributed by atoms with Gasteiger partial charge in [-0.15, -0.1) is 0 Å². The smallest absolute Gasteiger partial charge is 0.164 e. The van der Waals surface area contributed by atoms with Crippen molar-refractivity contribution in [2.24, 2.45) is 0 Å². The minimum Gasteiger partial charge on any atom is -0.208 e. The van der Waals surface area contributed by atoms with Gasteiger partial charge in [-0.05, 0) is 68.8 Å². The summed E-state index contributed by atoms with van der Waals surface area (Å²) in [5, 5.41) is 2.79. The van der Waals surface area contributed by atoms with Gasteiger partial charge in [0, 0.05) is 27.5 Å². The van der Waals surface area contributed by atoms with Crippen molar-refractivity contribution in [3.05, 3.63) is 125 Å². The predicted molar refractivity (Wildman–Crippen MR) is 168 cm³/mol. The maximum atomic E-state index is 5.09. The van der Waals surface area contributed by atoms with Crippen molar-refractivity contribution in [2.75, 3.05) is 0 Å². The number of hydrogen-bond acceptors (Lipinski definition) is 3. The first-order valence-electron chi connectivity index (χ1n) is 14.4. The number of aryl methyl sites for hydroxylation is 1. The first-order chi connectivity index (χ1) is 19.7. The number of aromatic nitrogens is 3. The minimum absolute atomic E-state index is 0.139. The van der Waals surface area contributed by atoms with Crippen LogP contribution in [-0.4, -0.2) is 15.0 Å². The van der Waals surface area contributed by atoms with Crippen LogP contribution in [0.25, 0.3) is 56.1 Å². The molecule has 0 atom stereocenters. The normalized spacial score (nSPS) is 15.3. The monoisotopic (exact) mass is 529 g/mol. The highest BCUT2D eigenvalue weighted by Crippen LogP contribution is 2.60. The van der Waals surface area contributed by atoms with Gasteiger partial charge in [0.25, 0.3) is 0 Å². The number of benzene rings is 5. The van der Waals surface area contributed by atoms with E-state index >= 15 is 0 Å². The van der Waals surface area contributed by atoms with Gasteiger partial charge in [0.05, 0.1) is 0 Å². The summed E-state index contributed by atoms with van der Waals surface area (Å²) in [6.07, 6.45) is 0. The Morgan fingerprint density at radius 2 is 0.951 bits per heavy atom. The zero-order valence-corrected chi connectivity index (χ0v) is 24.1. The first kappa shape index (κ1) is 24.2. The molecule has 1 heterocycles. The average molecular weight is 530 g/mol. The molecule has 0 bridgehead atoms. The van der Waals surface area contributed by atoms with E-state index in [1.165, 1.54) is 49.7 Å². The average Bonchev–Trinajstić information content (AvgIpc) is 3.22. The fourth-order valence-electron chi connectivity index (χ4n) is 7.18. The van der Waals surface area contributed by atoms with Crippen molar-refractivity contribution >= 4 is 10.8 Å². The summed E-state index contributed by atoms with van der Waals surface area (Å²) >= 11 is 0. The summed E-state index contributed by atoms with van der Waals surface area (Å²) in [6.45, 7) is 11.7. The Balaban J connectivity index is 1.44. The van der Waals surface area contributed by atoms with E-state index in [1.54, 1.807) is 0 Å². The van der Waals surface area contributed by atoms with E-state index in [-0.39, 0.29) is 10.8 Å². The van der Waals surface area contributed by atoms with E-state index in [2.05, 4.69) is 95.3 Å². The van der Waals surface area contributed by atoms with E-state index in [0.717, 1.165) is 16.7 Å². The quantitative estimate of drug-likeness (QED) is 0.229. The van der Waals surface area contributed by atoms with E-state index in [9.17, 15) is 0 Å². The van der Waals surface area contributed by atoms with Crippen LogP contribution in [-0.2, 0) is 10.8 Å². The lowest BCUT2D eigenvalue weighted by atomic mass is 9.68. The van der Waals surface area contributed by atoms with Gasteiger partial charge in [0.15, 0.2) is 17.5 Å². The first-order valence-corrected chi connectivity index (χ1v) is 14.4. The van der Waals surface area contributed by atoms with E-state index < -0.39 is 0 Å². The van der Waals surface area contributed by atoms with Crippen LogP contribution in [0.15, 0.2) is 97.1 Å². The molecular weight excluding hydrogens is 498 g/mol. The summed E-state index contributed by atoms with van der Waals surface area (Å²) in [4.78, 5) is 15.1. The molecule has 3 nitrogen and oxygen atoms in total. The summed E-state index contributed by atoms with van der Waals surface area (Å²) in [5.41, 5.74) is 12.4. The molecule has 3 heteroatoms. The molecule has 2 aliphatic carbocycles. The van der Waals surface area contributed by atoms with Crippen molar-refractivity contribution in [3.63, 3.8) is 0 Å². The highest BCUT2D eigenvalue weighted by atomic mass is 15.0. The molecule has 198 valence electrons. The third-order valence-corrected chi connectivity index (χ3v) is 9.41. The van der Waals surface area contributed by atoms with Crippen molar-refractivity contribution in [1.82, 2.24) is 15.0 Å². The fourth-order valence-corrected chi connectivity index (χ4v) is 7.18. The number of nitrogens with zero attached hydrogens (tertiary/aromatic N) is 3. The van der Waals surface area contributed by atoms with Crippen LogP contribution < -0.4 is 0 Å². The molecule has 0 fully saturated rings.